The molecule has 0 heterocycles. The van der Waals surface area contributed by atoms with Gasteiger partial charge in [-0.3, -0.25) is 9.59 Å². The Morgan fingerprint density at radius 1 is 1.41 bits per heavy atom. The molecule has 0 radical (unpaired) electrons. The van der Waals surface area contributed by atoms with Crippen LogP contribution in [0.2, 0.25) is 0 Å². The van der Waals surface area contributed by atoms with E-state index in [0.717, 1.165) is 0 Å². The Labute approximate surface area is 127 Å². The maximum Gasteiger partial charge on any atom is 0.326 e. The molecule has 2 atom stereocenters. The molecule has 2 N–H and O–H groups in total. The highest BCUT2D eigenvalue weighted by Crippen LogP contribution is 2.15. The molecular formula is C15H16N2O5. The van der Waals surface area contributed by atoms with Crippen LogP contribution >= 0.6 is 0 Å². The van der Waals surface area contributed by atoms with Crippen LogP contribution in [-0.4, -0.2) is 29.0 Å². The molecule has 0 aliphatic heterocycles. The van der Waals surface area contributed by atoms with E-state index in [1.807, 2.05) is 6.07 Å². The van der Waals surface area contributed by atoms with Crippen LogP contribution in [0.1, 0.15) is 30.6 Å². The number of ether oxygens (including phenoxy) is 1. The number of carbonyl (C=O) groups excluding carboxylic acids is 2. The van der Waals surface area contributed by atoms with E-state index in [1.165, 1.54) is 31.2 Å². The van der Waals surface area contributed by atoms with Gasteiger partial charge in [-0.2, -0.15) is 5.26 Å². The van der Waals surface area contributed by atoms with Crippen LogP contribution in [0.3, 0.4) is 0 Å². The summed E-state index contributed by atoms with van der Waals surface area (Å²) < 4.78 is 4.87. The summed E-state index contributed by atoms with van der Waals surface area (Å²) in [5.74, 6) is -2.71. The predicted octanol–water partition coefficient (Wildman–Crippen LogP) is 1.34. The predicted molar refractivity (Wildman–Crippen MR) is 76.0 cm³/mol. The number of carboxylic acid groups (broad SMARTS) is 1. The summed E-state index contributed by atoms with van der Waals surface area (Å²) in [5, 5.41) is 20.1. The molecule has 1 amide bonds. The maximum absolute atomic E-state index is 12.1. The average molecular weight is 304 g/mol. The zero-order valence-corrected chi connectivity index (χ0v) is 12.2. The van der Waals surface area contributed by atoms with Crippen LogP contribution in [-0.2, 0) is 9.59 Å². The van der Waals surface area contributed by atoms with Gasteiger partial charge in [0.15, 0.2) is 0 Å². The van der Waals surface area contributed by atoms with Gasteiger partial charge in [0.25, 0.3) is 5.91 Å². The minimum absolute atomic E-state index is 0.00470. The summed E-state index contributed by atoms with van der Waals surface area (Å²) in [5.41, 5.74) is 0.161. The lowest BCUT2D eigenvalue weighted by atomic mass is 9.98. The normalized spacial score (nSPS) is 12.6. The second-order valence-electron chi connectivity index (χ2n) is 4.75. The SMILES string of the molecule is CC(=O)Oc1cccc(C(=O)N[C@H](C(=O)O)[C@@H](C)CC#N)c1. The van der Waals surface area contributed by atoms with Crippen LogP contribution < -0.4 is 10.1 Å². The quantitative estimate of drug-likeness (QED) is 0.605. The number of hydrogen-bond donors (Lipinski definition) is 2. The second kappa shape index (κ2) is 7.78. The third-order valence-electron chi connectivity index (χ3n) is 2.89. The average Bonchev–Trinajstić information content (AvgIpc) is 2.43. The first-order valence-electron chi connectivity index (χ1n) is 6.54. The fourth-order valence-electron chi connectivity index (χ4n) is 1.80. The van der Waals surface area contributed by atoms with Gasteiger partial charge < -0.3 is 15.2 Å². The van der Waals surface area contributed by atoms with Crippen LogP contribution in [0.15, 0.2) is 24.3 Å². The molecular weight excluding hydrogens is 288 g/mol. The molecule has 0 fully saturated rings. The van der Waals surface area contributed by atoms with Gasteiger partial charge in [-0.25, -0.2) is 4.79 Å². The Morgan fingerprint density at radius 2 is 2.09 bits per heavy atom. The van der Waals surface area contributed by atoms with E-state index in [9.17, 15) is 14.4 Å². The van der Waals surface area contributed by atoms with Crippen molar-refractivity contribution in [2.45, 2.75) is 26.3 Å². The fourth-order valence-corrected chi connectivity index (χ4v) is 1.80. The van der Waals surface area contributed by atoms with E-state index in [1.54, 1.807) is 6.92 Å². The molecule has 0 spiro atoms. The van der Waals surface area contributed by atoms with Crippen molar-refractivity contribution in [3.05, 3.63) is 29.8 Å². The summed E-state index contributed by atoms with van der Waals surface area (Å²) in [4.78, 5) is 34.2. The van der Waals surface area contributed by atoms with Crippen LogP contribution in [0, 0.1) is 17.2 Å². The number of esters is 1. The van der Waals surface area contributed by atoms with E-state index in [-0.39, 0.29) is 17.7 Å². The third-order valence-corrected chi connectivity index (χ3v) is 2.89. The first-order valence-corrected chi connectivity index (χ1v) is 6.54. The molecule has 0 saturated heterocycles. The van der Waals surface area contributed by atoms with Gasteiger partial charge in [-0.1, -0.05) is 13.0 Å². The molecule has 7 nitrogen and oxygen atoms in total. The van der Waals surface area contributed by atoms with Crippen molar-refractivity contribution in [1.29, 1.82) is 5.26 Å². The Hall–Kier alpha value is -2.88. The Bertz CT molecular complexity index is 621. The van der Waals surface area contributed by atoms with Crippen molar-refractivity contribution in [3.8, 4) is 11.8 Å². The number of nitriles is 1. The molecule has 22 heavy (non-hydrogen) atoms. The minimum Gasteiger partial charge on any atom is -0.480 e. The highest BCUT2D eigenvalue weighted by atomic mass is 16.5. The number of hydrogen-bond acceptors (Lipinski definition) is 5. The third kappa shape index (κ3) is 4.90. The molecule has 0 bridgehead atoms. The lowest BCUT2D eigenvalue weighted by Gasteiger charge is -2.19. The highest BCUT2D eigenvalue weighted by molar-refractivity contribution is 5.97. The van der Waals surface area contributed by atoms with E-state index in [0.29, 0.717) is 0 Å². The van der Waals surface area contributed by atoms with Crippen molar-refractivity contribution < 1.29 is 24.2 Å². The van der Waals surface area contributed by atoms with E-state index < -0.39 is 29.8 Å². The molecule has 1 aromatic rings. The number of rotatable bonds is 6. The maximum atomic E-state index is 12.1. The van der Waals surface area contributed by atoms with Gasteiger partial charge in [0.1, 0.15) is 11.8 Å². The van der Waals surface area contributed by atoms with Gasteiger partial charge in [0.2, 0.25) is 0 Å². The molecule has 7 heteroatoms. The zero-order chi connectivity index (χ0) is 16.7. The first-order chi connectivity index (χ1) is 10.3. The molecule has 1 aromatic carbocycles. The molecule has 0 aliphatic rings. The van der Waals surface area contributed by atoms with Gasteiger partial charge in [0.05, 0.1) is 6.07 Å². The number of benzene rings is 1. The number of carboxylic acids is 1. The molecule has 0 aliphatic carbocycles. The second-order valence-corrected chi connectivity index (χ2v) is 4.75. The van der Waals surface area contributed by atoms with Gasteiger partial charge in [-0.15, -0.1) is 0 Å². The van der Waals surface area contributed by atoms with E-state index >= 15 is 0 Å². The fraction of sp³-hybridized carbons (Fsp3) is 0.333. The number of nitrogens with zero attached hydrogens (tertiary/aromatic N) is 1. The summed E-state index contributed by atoms with van der Waals surface area (Å²) >= 11 is 0. The molecule has 0 unspecified atom stereocenters. The minimum atomic E-state index is -1.22. The summed E-state index contributed by atoms with van der Waals surface area (Å²) in [6, 6.07) is 6.53. The van der Waals surface area contributed by atoms with Crippen LogP contribution in [0.5, 0.6) is 5.75 Å². The van der Waals surface area contributed by atoms with Gasteiger partial charge in [-0.05, 0) is 18.2 Å². The van der Waals surface area contributed by atoms with E-state index in [4.69, 9.17) is 15.1 Å². The smallest absolute Gasteiger partial charge is 0.326 e. The van der Waals surface area contributed by atoms with Crippen molar-refractivity contribution in [1.82, 2.24) is 5.32 Å². The molecule has 0 saturated carbocycles. The molecule has 116 valence electrons. The monoisotopic (exact) mass is 304 g/mol. The highest BCUT2D eigenvalue weighted by Gasteiger charge is 2.26. The summed E-state index contributed by atoms with van der Waals surface area (Å²) in [6.45, 7) is 2.80. The van der Waals surface area contributed by atoms with E-state index in [2.05, 4.69) is 5.32 Å². The van der Waals surface area contributed by atoms with Crippen molar-refractivity contribution >= 4 is 17.8 Å². The number of aliphatic carboxylic acids is 1. The Balaban J connectivity index is 2.88. The Morgan fingerprint density at radius 3 is 2.64 bits per heavy atom. The standard InChI is InChI=1S/C15H16N2O5/c1-9(6-7-16)13(15(20)21)17-14(19)11-4-3-5-12(8-11)22-10(2)18/h3-5,8-9,13H,6H2,1-2H3,(H,17,19)(H,20,21)/t9-,13-/m0/s1. The van der Waals surface area contributed by atoms with Crippen LogP contribution in [0.25, 0.3) is 0 Å². The lowest BCUT2D eigenvalue weighted by molar-refractivity contribution is -0.140. The first kappa shape index (κ1) is 17.2. The largest absolute Gasteiger partial charge is 0.480 e. The molecule has 1 rings (SSSR count). The number of carbonyl (C=O) groups is 3. The lowest BCUT2D eigenvalue weighted by Crippen LogP contribution is -2.45. The van der Waals surface area contributed by atoms with Crippen molar-refractivity contribution in [2.75, 3.05) is 0 Å². The number of nitrogens with one attached hydrogen (secondary N) is 1. The zero-order valence-electron chi connectivity index (χ0n) is 12.2. The summed E-state index contributed by atoms with van der Waals surface area (Å²) in [6.07, 6.45) is 0.00470. The van der Waals surface area contributed by atoms with Gasteiger partial charge >= 0.3 is 11.9 Å². The van der Waals surface area contributed by atoms with Gasteiger partial charge in [0, 0.05) is 24.8 Å². The Kier molecular flexibility index (Phi) is 6.08. The topological polar surface area (TPSA) is 116 Å². The summed E-state index contributed by atoms with van der Waals surface area (Å²) in [7, 11) is 0. The van der Waals surface area contributed by atoms with Crippen molar-refractivity contribution in [2.24, 2.45) is 5.92 Å². The van der Waals surface area contributed by atoms with Crippen LogP contribution in [0.4, 0.5) is 0 Å². The van der Waals surface area contributed by atoms with Crippen molar-refractivity contribution in [3.63, 3.8) is 0 Å². The number of amides is 1. The molecule has 0 aromatic heterocycles.